The van der Waals surface area contributed by atoms with Crippen LogP contribution in [0.5, 0.6) is 0 Å². The van der Waals surface area contributed by atoms with Crippen molar-refractivity contribution >= 4 is 33.1 Å². The van der Waals surface area contributed by atoms with E-state index in [1.54, 1.807) is 0 Å². The van der Waals surface area contributed by atoms with Crippen molar-refractivity contribution < 1.29 is 0 Å². The Labute approximate surface area is 214 Å². The van der Waals surface area contributed by atoms with Crippen LogP contribution in [0.25, 0.3) is 43.8 Å². The lowest BCUT2D eigenvalue weighted by atomic mass is 9.85. The fourth-order valence-electron chi connectivity index (χ4n) is 4.81. The van der Waals surface area contributed by atoms with Crippen LogP contribution in [0.1, 0.15) is 52.7 Å². The van der Waals surface area contributed by atoms with Crippen LogP contribution in [0, 0.1) is 0 Å². The number of rotatable bonds is 2. The molecule has 5 rings (SSSR count). The van der Waals surface area contributed by atoms with Crippen molar-refractivity contribution in [2.45, 2.75) is 52.4 Å². The van der Waals surface area contributed by atoms with Crippen LogP contribution in [-0.2, 0) is 10.8 Å². The number of benzene rings is 5. The van der Waals surface area contributed by atoms with E-state index in [1.807, 2.05) is 12.1 Å². The molecule has 0 aliphatic rings. The summed E-state index contributed by atoms with van der Waals surface area (Å²) >= 11 is 6.84. The fraction of sp³-hybridized carbons (Fsp3) is 0.235. The number of halogens is 1. The van der Waals surface area contributed by atoms with E-state index < -0.39 is 0 Å². The molecule has 35 heavy (non-hydrogen) atoms. The molecule has 0 aliphatic heterocycles. The molecule has 0 saturated heterocycles. The Bertz CT molecular complexity index is 1560. The summed E-state index contributed by atoms with van der Waals surface area (Å²) in [6, 6.07) is 33.2. The molecule has 0 amide bonds. The summed E-state index contributed by atoms with van der Waals surface area (Å²) in [7, 11) is 0. The summed E-state index contributed by atoms with van der Waals surface area (Å²) < 4.78 is 0. The van der Waals surface area contributed by atoms with Gasteiger partial charge in [-0.15, -0.1) is 0 Å². The third-order valence-electron chi connectivity index (χ3n) is 7.03. The van der Waals surface area contributed by atoms with E-state index in [9.17, 15) is 0 Å². The van der Waals surface area contributed by atoms with Crippen molar-refractivity contribution in [3.05, 3.63) is 107 Å². The zero-order valence-electron chi connectivity index (χ0n) is 21.5. The Balaban J connectivity index is 1.62. The van der Waals surface area contributed by atoms with Gasteiger partial charge in [-0.05, 0) is 78.4 Å². The molecule has 0 spiro atoms. The van der Waals surface area contributed by atoms with Crippen molar-refractivity contribution in [3.8, 4) is 22.3 Å². The minimum atomic E-state index is 0.131. The maximum Gasteiger partial charge on any atom is 0.0490 e. The molecular formula is C34H33Cl. The Morgan fingerprint density at radius 1 is 0.486 bits per heavy atom. The number of hydrogen-bond donors (Lipinski definition) is 0. The molecule has 1 heteroatoms. The monoisotopic (exact) mass is 476 g/mol. The van der Waals surface area contributed by atoms with Crippen LogP contribution in [0.3, 0.4) is 0 Å². The standard InChI is InChI=1S/C34H33Cl/c1-33(2,3)28-16-14-22-18-26(12-10-24(22)20-28)30-8-7-9-31(35)32(30)27-13-11-25-21-29(34(4,5)6)17-15-23(25)19-27/h7-21H,1-6H3. The zero-order chi connectivity index (χ0) is 25.0. The smallest absolute Gasteiger partial charge is 0.0490 e. The van der Waals surface area contributed by atoms with Crippen molar-refractivity contribution in [1.29, 1.82) is 0 Å². The van der Waals surface area contributed by atoms with Gasteiger partial charge in [0.25, 0.3) is 0 Å². The molecule has 0 atom stereocenters. The minimum Gasteiger partial charge on any atom is -0.0836 e. The van der Waals surface area contributed by atoms with E-state index in [1.165, 1.54) is 38.2 Å². The Morgan fingerprint density at radius 2 is 0.943 bits per heavy atom. The molecule has 5 aromatic carbocycles. The molecule has 0 unspecified atom stereocenters. The molecule has 0 radical (unpaired) electrons. The highest BCUT2D eigenvalue weighted by Gasteiger charge is 2.17. The van der Waals surface area contributed by atoms with Gasteiger partial charge in [0.15, 0.2) is 0 Å². The van der Waals surface area contributed by atoms with Gasteiger partial charge in [0.05, 0.1) is 0 Å². The van der Waals surface area contributed by atoms with E-state index in [4.69, 9.17) is 11.6 Å². The van der Waals surface area contributed by atoms with Crippen molar-refractivity contribution in [2.24, 2.45) is 0 Å². The molecule has 176 valence electrons. The molecule has 0 nitrogen and oxygen atoms in total. The summed E-state index contributed by atoms with van der Waals surface area (Å²) in [5, 5.41) is 5.78. The highest BCUT2D eigenvalue weighted by atomic mass is 35.5. The van der Waals surface area contributed by atoms with Crippen molar-refractivity contribution in [1.82, 2.24) is 0 Å². The van der Waals surface area contributed by atoms with Crippen LogP contribution < -0.4 is 0 Å². The first-order chi connectivity index (χ1) is 16.5. The second kappa shape index (κ2) is 8.54. The fourth-order valence-corrected chi connectivity index (χ4v) is 5.09. The summed E-state index contributed by atoms with van der Waals surface area (Å²) in [6.07, 6.45) is 0. The van der Waals surface area contributed by atoms with Crippen LogP contribution >= 0.6 is 11.6 Å². The lowest BCUT2D eigenvalue weighted by Gasteiger charge is -2.20. The molecule has 0 fully saturated rings. The SMILES string of the molecule is CC(C)(C)c1ccc2cc(-c3cccc(Cl)c3-c3ccc4cc(C(C)(C)C)ccc4c3)ccc2c1. The van der Waals surface area contributed by atoms with Gasteiger partial charge in [-0.3, -0.25) is 0 Å². The van der Waals surface area contributed by atoms with Gasteiger partial charge in [-0.25, -0.2) is 0 Å². The third-order valence-corrected chi connectivity index (χ3v) is 7.34. The van der Waals surface area contributed by atoms with Crippen molar-refractivity contribution in [2.75, 3.05) is 0 Å². The average Bonchev–Trinajstić information content (AvgIpc) is 2.81. The van der Waals surface area contributed by atoms with E-state index in [0.717, 1.165) is 21.7 Å². The maximum atomic E-state index is 6.84. The highest BCUT2D eigenvalue weighted by molar-refractivity contribution is 6.34. The molecule has 5 aromatic rings. The molecule has 0 aliphatic carbocycles. The van der Waals surface area contributed by atoms with Gasteiger partial charge in [0.1, 0.15) is 0 Å². The molecule has 0 saturated carbocycles. The average molecular weight is 477 g/mol. The molecule has 0 N–H and O–H groups in total. The third kappa shape index (κ3) is 4.60. The Kier molecular flexibility index (Phi) is 5.77. The zero-order valence-corrected chi connectivity index (χ0v) is 22.3. The number of hydrogen-bond acceptors (Lipinski definition) is 0. The molecule has 0 aromatic heterocycles. The second-order valence-electron chi connectivity index (χ2n) is 11.7. The highest BCUT2D eigenvalue weighted by Crippen LogP contribution is 2.40. The summed E-state index contributed by atoms with van der Waals surface area (Å²) in [6.45, 7) is 13.5. The van der Waals surface area contributed by atoms with E-state index in [0.29, 0.717) is 0 Å². The predicted molar refractivity (Wildman–Crippen MR) is 155 cm³/mol. The van der Waals surface area contributed by atoms with Crippen molar-refractivity contribution in [3.63, 3.8) is 0 Å². The van der Waals surface area contributed by atoms with Gasteiger partial charge in [0, 0.05) is 10.6 Å². The Hall–Kier alpha value is -3.09. The Morgan fingerprint density at radius 3 is 1.49 bits per heavy atom. The van der Waals surface area contributed by atoms with Gasteiger partial charge in [-0.1, -0.05) is 126 Å². The first kappa shape index (κ1) is 23.6. The van der Waals surface area contributed by atoms with Gasteiger partial charge < -0.3 is 0 Å². The van der Waals surface area contributed by atoms with E-state index in [-0.39, 0.29) is 10.8 Å². The summed E-state index contributed by atoms with van der Waals surface area (Å²) in [5.74, 6) is 0. The molecule has 0 heterocycles. The predicted octanol–water partition coefficient (Wildman–Crippen LogP) is 10.6. The minimum absolute atomic E-state index is 0.131. The topological polar surface area (TPSA) is 0 Å². The summed E-state index contributed by atoms with van der Waals surface area (Å²) in [4.78, 5) is 0. The van der Waals surface area contributed by atoms with Crippen LogP contribution in [0.15, 0.2) is 91.0 Å². The first-order valence-corrected chi connectivity index (χ1v) is 12.8. The molecule has 0 bridgehead atoms. The lowest BCUT2D eigenvalue weighted by molar-refractivity contribution is 0.591. The summed E-state index contributed by atoms with van der Waals surface area (Å²) in [5.41, 5.74) is 7.54. The van der Waals surface area contributed by atoms with E-state index >= 15 is 0 Å². The van der Waals surface area contributed by atoms with E-state index in [2.05, 4.69) is 120 Å². The van der Waals surface area contributed by atoms with Gasteiger partial charge in [-0.2, -0.15) is 0 Å². The lowest BCUT2D eigenvalue weighted by Crippen LogP contribution is -2.10. The second-order valence-corrected chi connectivity index (χ2v) is 12.1. The van der Waals surface area contributed by atoms with Crippen LogP contribution in [-0.4, -0.2) is 0 Å². The number of fused-ring (bicyclic) bond motifs is 2. The van der Waals surface area contributed by atoms with Gasteiger partial charge >= 0.3 is 0 Å². The maximum absolute atomic E-state index is 6.84. The first-order valence-electron chi connectivity index (χ1n) is 12.4. The largest absolute Gasteiger partial charge is 0.0836 e. The quantitative estimate of drug-likeness (QED) is 0.237. The normalized spacial score (nSPS) is 12.4. The van der Waals surface area contributed by atoms with Crippen LogP contribution in [0.4, 0.5) is 0 Å². The van der Waals surface area contributed by atoms with Crippen LogP contribution in [0.2, 0.25) is 5.02 Å². The molecular weight excluding hydrogens is 444 g/mol. The van der Waals surface area contributed by atoms with Gasteiger partial charge in [0.2, 0.25) is 0 Å².